The maximum absolute atomic E-state index is 12.6. The van der Waals surface area contributed by atoms with Crippen molar-refractivity contribution in [1.29, 1.82) is 0 Å². The molecule has 116 valence electrons. The number of aryl methyl sites for hydroxylation is 1. The molecule has 5 heteroatoms. The lowest BCUT2D eigenvalue weighted by molar-refractivity contribution is -0.124. The van der Waals surface area contributed by atoms with Crippen LogP contribution in [0.2, 0.25) is 0 Å². The lowest BCUT2D eigenvalue weighted by atomic mass is 9.83. The van der Waals surface area contributed by atoms with E-state index in [9.17, 15) is 4.79 Å². The largest absolute Gasteiger partial charge is 0.326 e. The number of aromatic nitrogens is 3. The molecule has 23 heavy (non-hydrogen) atoms. The van der Waals surface area contributed by atoms with E-state index in [-0.39, 0.29) is 11.8 Å². The first kappa shape index (κ1) is 13.9. The quantitative estimate of drug-likeness (QED) is 0.896. The second kappa shape index (κ2) is 5.83. The summed E-state index contributed by atoms with van der Waals surface area (Å²) in [5, 5.41) is 11.1. The number of pyridine rings is 1. The lowest BCUT2D eigenvalue weighted by Gasteiger charge is -2.24. The Morgan fingerprint density at radius 3 is 3.22 bits per heavy atom. The van der Waals surface area contributed by atoms with Gasteiger partial charge in [-0.1, -0.05) is 18.2 Å². The molecule has 1 unspecified atom stereocenters. The molecule has 0 saturated carbocycles. The topological polar surface area (TPSA) is 70.7 Å². The monoisotopic (exact) mass is 306 g/mol. The van der Waals surface area contributed by atoms with Gasteiger partial charge >= 0.3 is 0 Å². The van der Waals surface area contributed by atoms with Gasteiger partial charge in [0.1, 0.15) is 0 Å². The van der Waals surface area contributed by atoms with Crippen LogP contribution in [0.15, 0.2) is 48.5 Å². The number of hydrogen-bond donors (Lipinski definition) is 2. The van der Waals surface area contributed by atoms with E-state index >= 15 is 0 Å². The van der Waals surface area contributed by atoms with E-state index in [0.717, 1.165) is 48.0 Å². The molecule has 2 aromatic heterocycles. The molecule has 0 spiro atoms. The van der Waals surface area contributed by atoms with Gasteiger partial charge in [0, 0.05) is 23.2 Å². The molecule has 2 aliphatic carbocycles. The lowest BCUT2D eigenvalue weighted by Crippen LogP contribution is -2.33. The first-order valence-electron chi connectivity index (χ1n) is 7.95. The zero-order chi connectivity index (χ0) is 15.6. The Labute approximate surface area is 134 Å². The van der Waals surface area contributed by atoms with Gasteiger partial charge in [-0.25, -0.2) is 4.98 Å². The Hall–Kier alpha value is -2.69. The van der Waals surface area contributed by atoms with E-state index in [0.29, 0.717) is 0 Å². The molecule has 1 amide bonds. The molecule has 5 nitrogen and oxygen atoms in total. The second-order valence-electron chi connectivity index (χ2n) is 6.01. The fraction of sp³-hybridized carbons (Fsp3) is 0.278. The van der Waals surface area contributed by atoms with Gasteiger partial charge in [-0.2, -0.15) is 5.10 Å². The summed E-state index contributed by atoms with van der Waals surface area (Å²) in [7, 11) is 0. The van der Waals surface area contributed by atoms with E-state index < -0.39 is 0 Å². The molecule has 0 bridgehead atoms. The molecular formula is C18H18N4O. The molecule has 0 aliphatic heterocycles. The maximum Gasteiger partial charge on any atom is 0.227 e. The molecule has 2 aliphatic rings. The van der Waals surface area contributed by atoms with Gasteiger partial charge in [-0.15, -0.1) is 0 Å². The number of hydrogen-bond acceptors (Lipinski definition) is 3. The van der Waals surface area contributed by atoms with Crippen molar-refractivity contribution < 1.29 is 4.79 Å². The highest BCUT2D eigenvalue weighted by Crippen LogP contribution is 2.29. The first-order chi connectivity index (χ1) is 11.3. The summed E-state index contributed by atoms with van der Waals surface area (Å²) in [6.07, 6.45) is 17.1. The summed E-state index contributed by atoms with van der Waals surface area (Å²) in [6.45, 7) is 0. The van der Waals surface area contributed by atoms with Crippen LogP contribution in [0.3, 0.4) is 0 Å². The summed E-state index contributed by atoms with van der Waals surface area (Å²) in [5.41, 5.74) is 4.13. The second-order valence-corrected chi connectivity index (χ2v) is 6.01. The zero-order valence-corrected chi connectivity index (χ0v) is 12.7. The van der Waals surface area contributed by atoms with Crippen molar-refractivity contribution in [2.24, 2.45) is 5.92 Å². The summed E-state index contributed by atoms with van der Waals surface area (Å²) >= 11 is 0. The van der Waals surface area contributed by atoms with E-state index in [1.165, 1.54) is 5.56 Å². The summed E-state index contributed by atoms with van der Waals surface area (Å²) in [4.78, 5) is 16.9. The van der Waals surface area contributed by atoms with E-state index in [1.54, 1.807) is 0 Å². The average Bonchev–Trinajstić information content (AvgIpc) is 2.92. The Morgan fingerprint density at radius 1 is 1.30 bits per heavy atom. The van der Waals surface area contributed by atoms with Crippen LogP contribution in [0.5, 0.6) is 0 Å². The van der Waals surface area contributed by atoms with Gasteiger partial charge in [0.2, 0.25) is 5.91 Å². The van der Waals surface area contributed by atoms with Crippen LogP contribution < -0.4 is 5.32 Å². The third-order valence-corrected chi connectivity index (χ3v) is 4.51. The molecule has 4 rings (SSSR count). The van der Waals surface area contributed by atoms with Crippen LogP contribution in [0.25, 0.3) is 11.0 Å². The highest BCUT2D eigenvalue weighted by molar-refractivity contribution is 5.83. The summed E-state index contributed by atoms with van der Waals surface area (Å²) < 4.78 is 0. The van der Waals surface area contributed by atoms with Crippen molar-refractivity contribution in [3.63, 3.8) is 0 Å². The fourth-order valence-corrected chi connectivity index (χ4v) is 3.28. The molecule has 2 heterocycles. The van der Waals surface area contributed by atoms with Gasteiger partial charge in [0.15, 0.2) is 5.65 Å². The highest BCUT2D eigenvalue weighted by Gasteiger charge is 2.26. The molecule has 0 fully saturated rings. The van der Waals surface area contributed by atoms with Gasteiger partial charge in [-0.3, -0.25) is 9.89 Å². The number of fused-ring (bicyclic) bond motifs is 3. The predicted molar refractivity (Wildman–Crippen MR) is 88.5 cm³/mol. The van der Waals surface area contributed by atoms with Crippen molar-refractivity contribution in [2.45, 2.75) is 25.7 Å². The van der Waals surface area contributed by atoms with Gasteiger partial charge in [-0.05, 0) is 49.0 Å². The van der Waals surface area contributed by atoms with Crippen LogP contribution in [0.1, 0.15) is 24.0 Å². The maximum atomic E-state index is 12.6. The van der Waals surface area contributed by atoms with Crippen molar-refractivity contribution in [3.8, 4) is 0 Å². The SMILES string of the molecule is O=C(NC1=CC=CCC=C1)C1CCc2c(cnc3[nH]ncc23)C1. The predicted octanol–water partition coefficient (Wildman–Crippen LogP) is 2.58. The number of aromatic amines is 1. The Morgan fingerprint density at radius 2 is 2.26 bits per heavy atom. The van der Waals surface area contributed by atoms with Gasteiger partial charge in [0.25, 0.3) is 0 Å². The minimum absolute atomic E-state index is 0.00446. The molecule has 0 radical (unpaired) electrons. The molecule has 2 aromatic rings. The Kier molecular flexibility index (Phi) is 3.54. The molecular weight excluding hydrogens is 288 g/mol. The van der Waals surface area contributed by atoms with E-state index in [4.69, 9.17) is 0 Å². The van der Waals surface area contributed by atoms with Crippen LogP contribution >= 0.6 is 0 Å². The van der Waals surface area contributed by atoms with Gasteiger partial charge < -0.3 is 5.32 Å². The average molecular weight is 306 g/mol. The van der Waals surface area contributed by atoms with Gasteiger partial charge in [0.05, 0.1) is 6.20 Å². The summed E-state index contributed by atoms with van der Waals surface area (Å²) in [5.74, 6) is 0.0873. The number of carbonyl (C=O) groups is 1. The number of rotatable bonds is 2. The molecule has 2 N–H and O–H groups in total. The van der Waals surface area contributed by atoms with Crippen LogP contribution in [0, 0.1) is 5.92 Å². The standard InChI is InChI=1S/C18H18N4O/c23-18(21-14-5-3-1-2-4-6-14)12-7-8-15-13(9-12)10-19-17-16(15)11-20-22-17/h1,3-6,10-12H,2,7-9H2,(H,21,23)(H,19,20,22). The molecule has 0 saturated heterocycles. The zero-order valence-electron chi connectivity index (χ0n) is 12.7. The third kappa shape index (κ3) is 2.70. The van der Waals surface area contributed by atoms with Crippen LogP contribution in [-0.4, -0.2) is 21.1 Å². The van der Waals surface area contributed by atoms with Crippen molar-refractivity contribution in [1.82, 2.24) is 20.5 Å². The minimum atomic E-state index is -0.00446. The number of amides is 1. The minimum Gasteiger partial charge on any atom is -0.326 e. The normalized spacial score (nSPS) is 20.0. The third-order valence-electron chi connectivity index (χ3n) is 4.51. The summed E-state index contributed by atoms with van der Waals surface area (Å²) in [6, 6.07) is 0. The van der Waals surface area contributed by atoms with E-state index in [1.807, 2.05) is 36.7 Å². The van der Waals surface area contributed by atoms with Crippen LogP contribution in [0.4, 0.5) is 0 Å². The van der Waals surface area contributed by atoms with Crippen LogP contribution in [-0.2, 0) is 17.6 Å². The van der Waals surface area contributed by atoms with E-state index in [2.05, 4.69) is 26.6 Å². The molecule has 1 atom stereocenters. The Bertz CT molecular complexity index is 844. The smallest absolute Gasteiger partial charge is 0.227 e. The number of H-pyrrole nitrogens is 1. The van der Waals surface area contributed by atoms with Crippen molar-refractivity contribution in [3.05, 3.63) is 59.6 Å². The number of carbonyl (C=O) groups excluding carboxylic acids is 1. The number of nitrogens with zero attached hydrogens (tertiary/aromatic N) is 2. The highest BCUT2D eigenvalue weighted by atomic mass is 16.1. The number of nitrogens with one attached hydrogen (secondary N) is 2. The number of allylic oxidation sites excluding steroid dienone is 5. The first-order valence-corrected chi connectivity index (χ1v) is 7.95. The fourth-order valence-electron chi connectivity index (χ4n) is 3.28. The molecule has 0 aromatic carbocycles. The van der Waals surface area contributed by atoms with Crippen molar-refractivity contribution >= 4 is 16.9 Å². The Balaban J connectivity index is 1.52. The van der Waals surface area contributed by atoms with Crippen molar-refractivity contribution in [2.75, 3.05) is 0 Å².